The lowest BCUT2D eigenvalue weighted by Gasteiger charge is -2.44. The molecule has 1 aliphatic carbocycles. The van der Waals surface area contributed by atoms with E-state index in [1.54, 1.807) is 14.2 Å². The number of hydrogen-bond acceptors (Lipinski definition) is 8. The second kappa shape index (κ2) is 17.7. The number of carbonyl (C=O) groups excluding carboxylic acids is 2. The average Bonchev–Trinajstić information content (AvgIpc) is 3.92. The molecule has 56 heavy (non-hydrogen) atoms. The van der Waals surface area contributed by atoms with E-state index in [2.05, 4.69) is 92.8 Å². The molecule has 4 aliphatic rings. The molecule has 0 N–H and O–H groups in total. The fraction of sp³-hybridized carbons (Fsp3) is 0.596. The summed E-state index contributed by atoms with van der Waals surface area (Å²) in [5.74, 6) is 1.89. The molecule has 2 aromatic carbocycles. The summed E-state index contributed by atoms with van der Waals surface area (Å²) in [4.78, 5) is 31.5. The van der Waals surface area contributed by atoms with Crippen molar-refractivity contribution in [2.45, 2.75) is 112 Å². The molecule has 1 saturated heterocycles. The van der Waals surface area contributed by atoms with Gasteiger partial charge in [0.1, 0.15) is 29.9 Å². The Balaban J connectivity index is 0.00000228. The van der Waals surface area contributed by atoms with Crippen molar-refractivity contribution in [3.05, 3.63) is 80.9 Å². The van der Waals surface area contributed by atoms with E-state index in [0.29, 0.717) is 6.54 Å². The van der Waals surface area contributed by atoms with Gasteiger partial charge in [0.15, 0.2) is 0 Å². The van der Waals surface area contributed by atoms with E-state index in [1.807, 2.05) is 38.5 Å². The van der Waals surface area contributed by atoms with Crippen LogP contribution in [-0.2, 0) is 34.5 Å². The first-order valence-corrected chi connectivity index (χ1v) is 20.0. The number of nitrogens with zero attached hydrogens (tertiary/aromatic N) is 5. The second-order valence-corrected chi connectivity index (χ2v) is 18.1. The van der Waals surface area contributed by atoms with E-state index in [0.717, 1.165) is 69.3 Å². The normalized spacial score (nSPS) is 22.8. The molecule has 0 bridgehead atoms. The number of ether oxygens (including phenoxy) is 2. The molecule has 6 rings (SSSR count). The van der Waals surface area contributed by atoms with Gasteiger partial charge >= 0.3 is 0 Å². The van der Waals surface area contributed by atoms with E-state index in [9.17, 15) is 10.1 Å². The SMILES string of the molecule is C.C=O.COc1cc(C2(C)CN(C)CC(C)=C2C)cc(OC)c1CN1CCN(Cc2cccc3c2CCN(C(=O)/C(C#N)=C/C(C)(C)C)C3C(C)C)C2(CC2)C1. The number of piperazine rings is 1. The summed E-state index contributed by atoms with van der Waals surface area (Å²) in [6.07, 6.45) is 5.04. The lowest BCUT2D eigenvalue weighted by molar-refractivity contribution is -0.130. The summed E-state index contributed by atoms with van der Waals surface area (Å²) in [5, 5.41) is 9.95. The first-order chi connectivity index (χ1) is 26.0. The zero-order chi connectivity index (χ0) is 40.5. The number of rotatable bonds is 9. The minimum Gasteiger partial charge on any atom is -0.496 e. The highest BCUT2D eigenvalue weighted by atomic mass is 16.5. The van der Waals surface area contributed by atoms with Gasteiger partial charge in [-0.25, -0.2) is 0 Å². The van der Waals surface area contributed by atoms with Crippen LogP contribution in [0.3, 0.4) is 0 Å². The van der Waals surface area contributed by atoms with Crippen LogP contribution >= 0.6 is 0 Å². The van der Waals surface area contributed by atoms with Crippen LogP contribution in [0.4, 0.5) is 0 Å². The Bertz CT molecular complexity index is 1820. The molecule has 0 aromatic heterocycles. The number of methoxy groups -OCH3 is 2. The number of amides is 1. The largest absolute Gasteiger partial charge is 0.496 e. The van der Waals surface area contributed by atoms with Gasteiger partial charge in [-0.05, 0) is 85.9 Å². The van der Waals surface area contributed by atoms with E-state index >= 15 is 0 Å². The minimum atomic E-state index is -0.249. The lowest BCUT2D eigenvalue weighted by Crippen LogP contribution is -2.54. The van der Waals surface area contributed by atoms with E-state index < -0.39 is 0 Å². The fourth-order valence-corrected chi connectivity index (χ4v) is 9.60. The van der Waals surface area contributed by atoms with Crippen molar-refractivity contribution in [2.75, 3.05) is 60.5 Å². The summed E-state index contributed by atoms with van der Waals surface area (Å²) in [5.41, 5.74) is 9.31. The number of fused-ring (bicyclic) bond motifs is 1. The Morgan fingerprint density at radius 2 is 1.68 bits per heavy atom. The maximum absolute atomic E-state index is 13.8. The van der Waals surface area contributed by atoms with Crippen LogP contribution in [0, 0.1) is 22.7 Å². The third-order valence-corrected chi connectivity index (χ3v) is 12.6. The molecule has 2 aromatic rings. The van der Waals surface area contributed by atoms with Gasteiger partial charge in [-0.2, -0.15) is 5.26 Å². The lowest BCUT2D eigenvalue weighted by atomic mass is 9.72. The van der Waals surface area contributed by atoms with Crippen molar-refractivity contribution in [3.8, 4) is 17.6 Å². The third kappa shape index (κ3) is 8.93. The van der Waals surface area contributed by atoms with Crippen LogP contribution in [0.1, 0.15) is 110 Å². The molecule has 3 heterocycles. The van der Waals surface area contributed by atoms with Crippen molar-refractivity contribution < 1.29 is 19.1 Å². The number of hydrogen-bond donors (Lipinski definition) is 0. The maximum Gasteiger partial charge on any atom is 0.264 e. The van der Waals surface area contributed by atoms with Crippen LogP contribution in [0.25, 0.3) is 0 Å². The van der Waals surface area contributed by atoms with Crippen molar-refractivity contribution in [1.29, 1.82) is 5.26 Å². The molecule has 0 radical (unpaired) electrons. The summed E-state index contributed by atoms with van der Waals surface area (Å²) in [6, 6.07) is 13.4. The first-order valence-electron chi connectivity index (χ1n) is 20.0. The Kier molecular flexibility index (Phi) is 14.1. The van der Waals surface area contributed by atoms with E-state index in [-0.39, 0.29) is 47.2 Å². The molecule has 2 unspecified atom stereocenters. The Morgan fingerprint density at radius 3 is 2.23 bits per heavy atom. The molecule has 1 saturated carbocycles. The van der Waals surface area contributed by atoms with Crippen molar-refractivity contribution in [1.82, 2.24) is 19.6 Å². The topological polar surface area (TPSA) is 89.3 Å². The zero-order valence-corrected chi connectivity index (χ0v) is 35.5. The molecule has 2 fully saturated rings. The van der Waals surface area contributed by atoms with Crippen LogP contribution in [0.2, 0.25) is 0 Å². The van der Waals surface area contributed by atoms with Gasteiger partial charge in [0.05, 0.1) is 25.8 Å². The van der Waals surface area contributed by atoms with Crippen LogP contribution < -0.4 is 9.47 Å². The number of nitriles is 1. The quantitative estimate of drug-likeness (QED) is 0.144. The second-order valence-electron chi connectivity index (χ2n) is 18.1. The van der Waals surface area contributed by atoms with Gasteiger partial charge in [-0.1, -0.05) is 84.4 Å². The summed E-state index contributed by atoms with van der Waals surface area (Å²) in [6.45, 7) is 26.7. The number of likely N-dealkylation sites (N-methyl/N-ethyl adjacent to an activating group) is 1. The van der Waals surface area contributed by atoms with Gasteiger partial charge in [-0.15, -0.1) is 0 Å². The van der Waals surface area contributed by atoms with E-state index in [4.69, 9.17) is 14.3 Å². The molecule has 306 valence electrons. The van der Waals surface area contributed by atoms with Crippen LogP contribution in [0.15, 0.2) is 53.1 Å². The average molecular weight is 768 g/mol. The molecule has 1 amide bonds. The minimum absolute atomic E-state index is 0. The fourth-order valence-electron chi connectivity index (χ4n) is 9.60. The van der Waals surface area contributed by atoms with Gasteiger partial charge in [0, 0.05) is 63.3 Å². The van der Waals surface area contributed by atoms with Gasteiger partial charge in [-0.3, -0.25) is 14.6 Å². The maximum atomic E-state index is 13.8. The third-order valence-electron chi connectivity index (χ3n) is 12.6. The molecule has 2 atom stereocenters. The predicted octanol–water partition coefficient (Wildman–Crippen LogP) is 8.12. The van der Waals surface area contributed by atoms with Crippen LogP contribution in [-0.4, -0.2) is 98.4 Å². The van der Waals surface area contributed by atoms with Crippen LogP contribution in [0.5, 0.6) is 11.5 Å². The molecule has 3 aliphatic heterocycles. The summed E-state index contributed by atoms with van der Waals surface area (Å²) >= 11 is 0. The standard InChI is InChI=1S/C45H63N5O3.CH2O.CH4/c1-30(2)41-37-14-12-13-33(36(37)15-18-50(41)42(51)34(24-46)23-43(5,6)7)26-49-20-19-48(29-45(49)16-17-45)27-38-39(52-10)21-35(22-40(38)53-11)44(8)28-47(9)25-31(3)32(44)4;1-2;/h12-14,21-23,30,41H,15-20,25-29H2,1-11H3;1H2;1H4/b34-23+;;. The molecular weight excluding hydrogens is 699 g/mol. The first kappa shape index (κ1) is 44.7. The highest BCUT2D eigenvalue weighted by Crippen LogP contribution is 2.48. The molecule has 9 nitrogen and oxygen atoms in total. The van der Waals surface area contributed by atoms with Crippen molar-refractivity contribution in [2.24, 2.45) is 11.3 Å². The number of allylic oxidation sites excluding steroid dienone is 1. The monoisotopic (exact) mass is 768 g/mol. The molecular formula is C47H69N5O4. The molecule has 1 spiro atoms. The smallest absolute Gasteiger partial charge is 0.264 e. The highest BCUT2D eigenvalue weighted by Gasteiger charge is 2.51. The van der Waals surface area contributed by atoms with Crippen molar-refractivity contribution >= 4 is 12.7 Å². The van der Waals surface area contributed by atoms with E-state index in [1.165, 1.54) is 46.2 Å². The molecule has 9 heteroatoms. The summed E-state index contributed by atoms with van der Waals surface area (Å²) in [7, 11) is 5.78. The Labute approximate surface area is 338 Å². The highest BCUT2D eigenvalue weighted by molar-refractivity contribution is 5.97. The van der Waals surface area contributed by atoms with Gasteiger partial charge in [0.2, 0.25) is 0 Å². The number of benzene rings is 2. The van der Waals surface area contributed by atoms with Gasteiger partial charge in [0.25, 0.3) is 5.91 Å². The van der Waals surface area contributed by atoms with Crippen molar-refractivity contribution in [3.63, 3.8) is 0 Å². The Morgan fingerprint density at radius 1 is 1.04 bits per heavy atom. The Hall–Kier alpha value is -3.97. The number of carbonyl (C=O) groups is 2. The predicted molar refractivity (Wildman–Crippen MR) is 227 cm³/mol. The van der Waals surface area contributed by atoms with Gasteiger partial charge < -0.3 is 24.1 Å². The zero-order valence-electron chi connectivity index (χ0n) is 35.5. The summed E-state index contributed by atoms with van der Waals surface area (Å²) < 4.78 is 12.2.